The molecule has 0 unspecified atom stereocenters. The zero-order chi connectivity index (χ0) is 18.1. The minimum Gasteiger partial charge on any atom is -0.369 e. The highest BCUT2D eigenvalue weighted by molar-refractivity contribution is 7.14. The van der Waals surface area contributed by atoms with Crippen LogP contribution in [-0.2, 0) is 24.1 Å². The Morgan fingerprint density at radius 2 is 2.08 bits per heavy atom. The predicted octanol–water partition coefficient (Wildman–Crippen LogP) is 3.17. The molecule has 4 rings (SSSR count). The molecule has 0 aliphatic heterocycles. The van der Waals surface area contributed by atoms with Crippen molar-refractivity contribution >= 4 is 39.2 Å². The second kappa shape index (κ2) is 6.92. The van der Waals surface area contributed by atoms with Gasteiger partial charge in [-0.05, 0) is 49.4 Å². The fourth-order valence-corrected chi connectivity index (χ4v) is 4.22. The Kier molecular flexibility index (Phi) is 4.46. The summed E-state index contributed by atoms with van der Waals surface area (Å²) in [4.78, 5) is 31.3. The van der Waals surface area contributed by atoms with Gasteiger partial charge in [0.05, 0.1) is 12.1 Å². The Labute approximate surface area is 154 Å². The van der Waals surface area contributed by atoms with Crippen LogP contribution in [0.3, 0.4) is 0 Å². The number of nitrogens with zero attached hydrogens (tertiary/aromatic N) is 1. The van der Waals surface area contributed by atoms with Crippen LogP contribution < -0.4 is 11.1 Å². The third kappa shape index (κ3) is 3.35. The number of aryl methyl sites for hydroxylation is 2. The first kappa shape index (κ1) is 16.8. The molecule has 4 N–H and O–H groups in total. The summed E-state index contributed by atoms with van der Waals surface area (Å²) >= 11 is 1.29. The average Bonchev–Trinajstić information content (AvgIpc) is 3.10. The SMILES string of the molecule is NC(=O)Cc1csc(NC(=O)c2ccc3[nH]c4c(c3c2)CCCCC4)n1. The fraction of sp³-hybridized carbons (Fsp3) is 0.316. The molecule has 0 atom stereocenters. The van der Waals surface area contributed by atoms with Crippen LogP contribution in [0.1, 0.15) is 46.6 Å². The van der Waals surface area contributed by atoms with E-state index in [9.17, 15) is 9.59 Å². The van der Waals surface area contributed by atoms with Gasteiger partial charge in [0.2, 0.25) is 5.91 Å². The Morgan fingerprint density at radius 1 is 1.23 bits per heavy atom. The van der Waals surface area contributed by atoms with Gasteiger partial charge in [-0.25, -0.2) is 4.98 Å². The van der Waals surface area contributed by atoms with Crippen molar-refractivity contribution in [1.82, 2.24) is 9.97 Å². The van der Waals surface area contributed by atoms with Crippen LogP contribution in [-0.4, -0.2) is 21.8 Å². The molecule has 0 fully saturated rings. The zero-order valence-corrected chi connectivity index (χ0v) is 15.1. The molecule has 0 radical (unpaired) electrons. The number of carbonyl (C=O) groups is 2. The third-order valence-electron chi connectivity index (χ3n) is 4.74. The first-order valence-corrected chi connectivity index (χ1v) is 9.65. The van der Waals surface area contributed by atoms with Gasteiger partial charge >= 0.3 is 0 Å². The molecular formula is C19H20N4O2S. The molecular weight excluding hydrogens is 348 g/mol. The number of primary amides is 1. The summed E-state index contributed by atoms with van der Waals surface area (Å²) in [6, 6.07) is 5.76. The van der Waals surface area contributed by atoms with Gasteiger partial charge < -0.3 is 10.7 Å². The second-order valence-electron chi connectivity index (χ2n) is 6.64. The number of H-pyrrole nitrogens is 1. The van der Waals surface area contributed by atoms with E-state index in [2.05, 4.69) is 15.3 Å². The van der Waals surface area contributed by atoms with E-state index in [-0.39, 0.29) is 12.3 Å². The highest BCUT2D eigenvalue weighted by atomic mass is 32.1. The van der Waals surface area contributed by atoms with Gasteiger partial charge in [0, 0.05) is 27.5 Å². The molecule has 0 bridgehead atoms. The predicted molar refractivity (Wildman–Crippen MR) is 103 cm³/mol. The molecule has 2 heterocycles. The number of benzene rings is 1. The Morgan fingerprint density at radius 3 is 2.92 bits per heavy atom. The van der Waals surface area contributed by atoms with Crippen molar-refractivity contribution in [1.29, 1.82) is 0 Å². The zero-order valence-electron chi connectivity index (χ0n) is 14.3. The molecule has 0 saturated heterocycles. The highest BCUT2D eigenvalue weighted by Crippen LogP contribution is 2.29. The number of anilines is 1. The molecule has 0 spiro atoms. The number of fused-ring (bicyclic) bond motifs is 3. The van der Waals surface area contributed by atoms with Gasteiger partial charge in [-0.1, -0.05) is 6.42 Å². The lowest BCUT2D eigenvalue weighted by Crippen LogP contribution is -2.14. The first-order valence-electron chi connectivity index (χ1n) is 8.77. The van der Waals surface area contributed by atoms with Crippen molar-refractivity contribution in [3.05, 3.63) is 46.1 Å². The summed E-state index contributed by atoms with van der Waals surface area (Å²) in [7, 11) is 0. The monoisotopic (exact) mass is 368 g/mol. The maximum absolute atomic E-state index is 12.6. The highest BCUT2D eigenvalue weighted by Gasteiger charge is 2.16. The molecule has 6 nitrogen and oxygen atoms in total. The van der Waals surface area contributed by atoms with Gasteiger partial charge in [0.25, 0.3) is 5.91 Å². The van der Waals surface area contributed by atoms with E-state index in [0.717, 1.165) is 23.7 Å². The van der Waals surface area contributed by atoms with E-state index >= 15 is 0 Å². The minimum atomic E-state index is -0.438. The van der Waals surface area contributed by atoms with Gasteiger partial charge in [0.1, 0.15) is 0 Å². The molecule has 1 aliphatic carbocycles. The molecule has 134 valence electrons. The standard InChI is InChI=1S/C19H20N4O2S/c20-17(24)9-12-10-26-19(21-12)23-18(25)11-6-7-16-14(8-11)13-4-2-1-3-5-15(13)22-16/h6-8,10,22H,1-5,9H2,(H2,20,24)(H,21,23,25). The summed E-state index contributed by atoms with van der Waals surface area (Å²) in [6.45, 7) is 0. The third-order valence-corrected chi connectivity index (χ3v) is 5.54. The van der Waals surface area contributed by atoms with E-state index in [1.54, 1.807) is 5.38 Å². The van der Waals surface area contributed by atoms with Crippen LogP contribution in [0, 0.1) is 0 Å². The van der Waals surface area contributed by atoms with Crippen LogP contribution in [0.2, 0.25) is 0 Å². The molecule has 26 heavy (non-hydrogen) atoms. The summed E-state index contributed by atoms with van der Waals surface area (Å²) in [5, 5.41) is 6.15. The lowest BCUT2D eigenvalue weighted by Gasteiger charge is -2.03. The number of amides is 2. The van der Waals surface area contributed by atoms with Crippen molar-refractivity contribution in [3.8, 4) is 0 Å². The number of hydrogen-bond acceptors (Lipinski definition) is 4. The van der Waals surface area contributed by atoms with Gasteiger partial charge in [-0.2, -0.15) is 0 Å². The lowest BCUT2D eigenvalue weighted by molar-refractivity contribution is -0.117. The van der Waals surface area contributed by atoms with Crippen LogP contribution >= 0.6 is 11.3 Å². The lowest BCUT2D eigenvalue weighted by atomic mass is 10.0. The van der Waals surface area contributed by atoms with Crippen LogP contribution in [0.5, 0.6) is 0 Å². The molecule has 1 aliphatic rings. The molecule has 7 heteroatoms. The van der Waals surface area contributed by atoms with Crippen molar-refractivity contribution in [2.45, 2.75) is 38.5 Å². The maximum atomic E-state index is 12.6. The maximum Gasteiger partial charge on any atom is 0.257 e. The number of aromatic amines is 1. The number of nitrogens with one attached hydrogen (secondary N) is 2. The summed E-state index contributed by atoms with van der Waals surface area (Å²) in [6.07, 6.45) is 5.87. The van der Waals surface area contributed by atoms with E-state index in [0.29, 0.717) is 16.4 Å². The van der Waals surface area contributed by atoms with Crippen LogP contribution in [0.4, 0.5) is 5.13 Å². The van der Waals surface area contributed by atoms with Crippen LogP contribution in [0.15, 0.2) is 23.6 Å². The smallest absolute Gasteiger partial charge is 0.257 e. The molecule has 0 saturated carbocycles. The fourth-order valence-electron chi connectivity index (χ4n) is 3.52. The number of hydrogen-bond donors (Lipinski definition) is 3. The van der Waals surface area contributed by atoms with Crippen molar-refractivity contribution in [2.24, 2.45) is 5.73 Å². The van der Waals surface area contributed by atoms with E-state index in [1.807, 2.05) is 18.2 Å². The number of nitrogens with two attached hydrogens (primary N) is 1. The molecule has 1 aromatic carbocycles. The topological polar surface area (TPSA) is 101 Å². The molecule has 2 amide bonds. The summed E-state index contributed by atoms with van der Waals surface area (Å²) in [5.41, 5.74) is 10.1. The van der Waals surface area contributed by atoms with E-state index in [1.165, 1.54) is 41.9 Å². The van der Waals surface area contributed by atoms with Crippen LogP contribution in [0.25, 0.3) is 10.9 Å². The first-order chi connectivity index (χ1) is 12.6. The number of carbonyl (C=O) groups excluding carboxylic acids is 2. The quantitative estimate of drug-likeness (QED) is 0.617. The summed E-state index contributed by atoms with van der Waals surface area (Å²) in [5.74, 6) is -0.637. The van der Waals surface area contributed by atoms with Gasteiger partial charge in [-0.15, -0.1) is 11.3 Å². The minimum absolute atomic E-state index is 0.0772. The number of aromatic nitrogens is 2. The Bertz CT molecular complexity index is 989. The summed E-state index contributed by atoms with van der Waals surface area (Å²) < 4.78 is 0. The number of rotatable bonds is 4. The van der Waals surface area contributed by atoms with E-state index < -0.39 is 5.91 Å². The number of thiazole rings is 1. The van der Waals surface area contributed by atoms with Crippen molar-refractivity contribution < 1.29 is 9.59 Å². The normalized spacial score (nSPS) is 14.0. The largest absolute Gasteiger partial charge is 0.369 e. The van der Waals surface area contributed by atoms with Gasteiger partial charge in [-0.3, -0.25) is 14.9 Å². The molecule has 3 aromatic rings. The Hall–Kier alpha value is -2.67. The van der Waals surface area contributed by atoms with Gasteiger partial charge in [0.15, 0.2) is 5.13 Å². The van der Waals surface area contributed by atoms with Crippen molar-refractivity contribution in [3.63, 3.8) is 0 Å². The Balaban J connectivity index is 1.57. The molecule has 2 aromatic heterocycles. The van der Waals surface area contributed by atoms with Crippen molar-refractivity contribution in [2.75, 3.05) is 5.32 Å². The second-order valence-corrected chi connectivity index (χ2v) is 7.50. The van der Waals surface area contributed by atoms with E-state index in [4.69, 9.17) is 5.73 Å². The average molecular weight is 368 g/mol.